The van der Waals surface area contributed by atoms with Gasteiger partial charge < -0.3 is 5.73 Å². The number of nitrogen functional groups attached to an aromatic ring is 1. The van der Waals surface area contributed by atoms with Crippen molar-refractivity contribution in [2.24, 2.45) is 0 Å². The summed E-state index contributed by atoms with van der Waals surface area (Å²) in [5, 5.41) is 4.23. The van der Waals surface area contributed by atoms with E-state index in [1.54, 1.807) is 6.92 Å². The first-order valence-corrected chi connectivity index (χ1v) is 5.45. The summed E-state index contributed by atoms with van der Waals surface area (Å²) < 4.78 is 14.6. The predicted octanol–water partition coefficient (Wildman–Crippen LogP) is 2.18. The quantitative estimate of drug-likeness (QED) is 0.758. The summed E-state index contributed by atoms with van der Waals surface area (Å²) in [6.07, 6.45) is 0. The molecule has 0 unspecified atom stereocenters. The lowest BCUT2D eigenvalue weighted by Crippen LogP contribution is -2.09. The van der Waals surface area contributed by atoms with Crippen molar-refractivity contribution < 1.29 is 9.18 Å². The van der Waals surface area contributed by atoms with Gasteiger partial charge in [0.2, 0.25) is 0 Å². The monoisotopic (exact) mass is 295 g/mol. The smallest absolute Gasteiger partial charge is 0.323 e. The molecule has 0 fully saturated rings. The minimum atomic E-state index is -0.507. The van der Waals surface area contributed by atoms with Crippen LogP contribution in [0, 0.1) is 17.7 Å². The normalized spacial score (nSPS) is 10.1. The zero-order valence-corrected chi connectivity index (χ0v) is 10.4. The molecule has 0 saturated heterocycles. The second-order valence-electron chi connectivity index (χ2n) is 3.23. The molecule has 0 aliphatic carbocycles. The Kier molecular flexibility index (Phi) is 2.86. The number of benzene rings is 1. The fraction of sp³-hybridized carbons (Fsp3) is 0.0909. The molecular weight excluding hydrogens is 289 g/mol. The Labute approximate surface area is 105 Å². The fourth-order valence-electron chi connectivity index (χ4n) is 1.49. The van der Waals surface area contributed by atoms with Crippen molar-refractivity contribution in [3.05, 3.63) is 22.4 Å². The Morgan fingerprint density at radius 1 is 1.59 bits per heavy atom. The number of hydrogen-bond donors (Lipinski definition) is 1. The van der Waals surface area contributed by atoms with Crippen LogP contribution in [-0.4, -0.2) is 15.7 Å². The lowest BCUT2D eigenvalue weighted by atomic mass is 10.2. The fourth-order valence-corrected chi connectivity index (χ4v) is 2.03. The van der Waals surface area contributed by atoms with E-state index < -0.39 is 11.7 Å². The molecule has 1 aromatic carbocycles. The molecule has 4 nitrogen and oxygen atoms in total. The van der Waals surface area contributed by atoms with Crippen LogP contribution in [0.1, 0.15) is 11.7 Å². The number of nitrogens with two attached hydrogens (primary N) is 1. The van der Waals surface area contributed by atoms with E-state index in [4.69, 9.17) is 5.73 Å². The maximum atomic E-state index is 13.3. The highest BCUT2D eigenvalue weighted by Crippen LogP contribution is 2.30. The van der Waals surface area contributed by atoms with Gasteiger partial charge in [-0.15, -0.1) is 5.10 Å². The maximum Gasteiger partial charge on any atom is 0.323 e. The van der Waals surface area contributed by atoms with Gasteiger partial charge >= 0.3 is 5.91 Å². The average molecular weight is 296 g/mol. The van der Waals surface area contributed by atoms with E-state index in [9.17, 15) is 9.18 Å². The van der Waals surface area contributed by atoms with Gasteiger partial charge in [-0.05, 0) is 40.9 Å². The lowest BCUT2D eigenvalue weighted by molar-refractivity contribution is 0.0970. The van der Waals surface area contributed by atoms with Crippen LogP contribution in [0.3, 0.4) is 0 Å². The average Bonchev–Trinajstić information content (AvgIpc) is 2.62. The molecule has 2 rings (SSSR count). The molecule has 0 aliphatic heterocycles. The van der Waals surface area contributed by atoms with Gasteiger partial charge in [-0.25, -0.2) is 4.39 Å². The second kappa shape index (κ2) is 4.18. The Morgan fingerprint density at radius 3 is 2.94 bits per heavy atom. The predicted molar refractivity (Wildman–Crippen MR) is 65.9 cm³/mol. The van der Waals surface area contributed by atoms with Gasteiger partial charge in [0, 0.05) is 0 Å². The summed E-state index contributed by atoms with van der Waals surface area (Å²) in [6.45, 7) is 1.54. The van der Waals surface area contributed by atoms with E-state index in [0.29, 0.717) is 10.9 Å². The molecule has 6 heteroatoms. The van der Waals surface area contributed by atoms with E-state index in [2.05, 4.69) is 32.9 Å². The number of nitrogens with zero attached hydrogens (tertiary/aromatic N) is 2. The van der Waals surface area contributed by atoms with Crippen molar-refractivity contribution >= 4 is 38.6 Å². The Hall–Kier alpha value is -1.87. The number of carbonyl (C=O) groups excluding carboxylic acids is 1. The van der Waals surface area contributed by atoms with E-state index in [1.165, 1.54) is 12.1 Å². The summed E-state index contributed by atoms with van der Waals surface area (Å²) in [4.78, 5) is 11.6. The van der Waals surface area contributed by atoms with Gasteiger partial charge in [0.1, 0.15) is 5.82 Å². The van der Waals surface area contributed by atoms with Crippen LogP contribution in [0.2, 0.25) is 0 Å². The van der Waals surface area contributed by atoms with Crippen LogP contribution in [0.4, 0.5) is 10.2 Å². The van der Waals surface area contributed by atoms with E-state index in [0.717, 1.165) is 4.68 Å². The third-order valence-electron chi connectivity index (χ3n) is 2.19. The van der Waals surface area contributed by atoms with Crippen molar-refractivity contribution in [1.29, 1.82) is 0 Å². The first kappa shape index (κ1) is 11.6. The number of rotatable bonds is 0. The molecule has 2 N–H and O–H groups in total. The van der Waals surface area contributed by atoms with Crippen LogP contribution in [-0.2, 0) is 0 Å². The number of carbonyl (C=O) groups is 1. The number of fused-ring (bicyclic) bond motifs is 1. The molecule has 0 aliphatic rings. The Balaban J connectivity index is 2.80. The van der Waals surface area contributed by atoms with E-state index in [-0.39, 0.29) is 10.3 Å². The minimum Gasteiger partial charge on any atom is -0.382 e. The molecular formula is C11H7BrFN3O. The summed E-state index contributed by atoms with van der Waals surface area (Å²) in [7, 11) is 0. The van der Waals surface area contributed by atoms with Crippen molar-refractivity contribution in [3.8, 4) is 11.8 Å². The van der Waals surface area contributed by atoms with Gasteiger partial charge in [0.05, 0.1) is 15.4 Å². The number of aromatic nitrogens is 2. The topological polar surface area (TPSA) is 60.9 Å². The molecule has 0 amide bonds. The highest BCUT2D eigenvalue weighted by atomic mass is 79.9. The summed E-state index contributed by atoms with van der Waals surface area (Å²) in [6, 6.07) is 2.67. The van der Waals surface area contributed by atoms with Crippen molar-refractivity contribution in [1.82, 2.24) is 9.78 Å². The molecule has 0 saturated carbocycles. The molecule has 86 valence electrons. The van der Waals surface area contributed by atoms with Crippen molar-refractivity contribution in [2.45, 2.75) is 6.92 Å². The molecule has 1 heterocycles. The third-order valence-corrected chi connectivity index (χ3v) is 2.96. The van der Waals surface area contributed by atoms with Crippen LogP contribution in [0.5, 0.6) is 0 Å². The zero-order chi connectivity index (χ0) is 12.6. The second-order valence-corrected chi connectivity index (χ2v) is 4.03. The molecule has 1 aromatic heterocycles. The molecule has 17 heavy (non-hydrogen) atoms. The maximum absolute atomic E-state index is 13.3. The number of hydrogen-bond acceptors (Lipinski definition) is 3. The standard InChI is InChI=1S/C11H7BrFN3O/c1-2-3-8(17)16-7-5-4-6(13)10(12)9(7)11(14)15-16/h4-5H,1H3,(H2,14,15). The number of anilines is 1. The number of halogens is 2. The van der Waals surface area contributed by atoms with E-state index in [1.807, 2.05) is 0 Å². The molecule has 0 spiro atoms. The molecule has 0 atom stereocenters. The lowest BCUT2D eigenvalue weighted by Gasteiger charge is -1.98. The summed E-state index contributed by atoms with van der Waals surface area (Å²) in [5.74, 6) is 3.94. The van der Waals surface area contributed by atoms with Crippen LogP contribution in [0.25, 0.3) is 10.9 Å². The SMILES string of the molecule is CC#CC(=O)n1nc(N)c2c(Br)c(F)ccc21. The zero-order valence-electron chi connectivity index (χ0n) is 8.79. The van der Waals surface area contributed by atoms with E-state index >= 15 is 0 Å². The Morgan fingerprint density at radius 2 is 2.29 bits per heavy atom. The molecule has 2 aromatic rings. The van der Waals surface area contributed by atoms with Crippen LogP contribution < -0.4 is 5.73 Å². The van der Waals surface area contributed by atoms with Gasteiger partial charge in [0.25, 0.3) is 0 Å². The molecule has 0 bridgehead atoms. The largest absolute Gasteiger partial charge is 0.382 e. The first-order valence-electron chi connectivity index (χ1n) is 4.65. The Bertz CT molecular complexity index is 681. The van der Waals surface area contributed by atoms with Gasteiger partial charge in [0.15, 0.2) is 5.82 Å². The molecule has 0 radical (unpaired) electrons. The van der Waals surface area contributed by atoms with Crippen molar-refractivity contribution in [2.75, 3.05) is 5.73 Å². The van der Waals surface area contributed by atoms with Crippen LogP contribution in [0.15, 0.2) is 16.6 Å². The highest BCUT2D eigenvalue weighted by molar-refractivity contribution is 9.10. The van der Waals surface area contributed by atoms with Crippen LogP contribution >= 0.6 is 15.9 Å². The van der Waals surface area contributed by atoms with Gasteiger partial charge in [-0.1, -0.05) is 5.92 Å². The summed E-state index contributed by atoms with van der Waals surface area (Å²) in [5.41, 5.74) is 6.07. The third kappa shape index (κ3) is 1.78. The van der Waals surface area contributed by atoms with Crippen molar-refractivity contribution in [3.63, 3.8) is 0 Å². The first-order chi connectivity index (χ1) is 8.06. The van der Waals surface area contributed by atoms with Gasteiger partial charge in [-0.3, -0.25) is 4.79 Å². The summed E-state index contributed by atoms with van der Waals surface area (Å²) >= 11 is 3.08. The van der Waals surface area contributed by atoms with Gasteiger partial charge in [-0.2, -0.15) is 4.68 Å². The minimum absolute atomic E-state index is 0.0811. The highest BCUT2D eigenvalue weighted by Gasteiger charge is 2.16.